The lowest BCUT2D eigenvalue weighted by Gasteiger charge is -2.22. The Morgan fingerprint density at radius 3 is 2.87 bits per heavy atom. The predicted molar refractivity (Wildman–Crippen MR) is 91.5 cm³/mol. The number of aromatic nitrogens is 5. The van der Waals surface area contributed by atoms with Crippen molar-refractivity contribution >= 4 is 22.4 Å². The Balaban J connectivity index is 1.95. The van der Waals surface area contributed by atoms with Gasteiger partial charge in [-0.25, -0.2) is 4.98 Å². The van der Waals surface area contributed by atoms with E-state index in [0.29, 0.717) is 0 Å². The van der Waals surface area contributed by atoms with Gasteiger partial charge in [-0.2, -0.15) is 5.10 Å². The van der Waals surface area contributed by atoms with Crippen LogP contribution in [0, 0.1) is 0 Å². The number of benzene rings is 1. The molecule has 3 heterocycles. The Morgan fingerprint density at radius 1 is 1.17 bits per heavy atom. The van der Waals surface area contributed by atoms with Gasteiger partial charge in [-0.1, -0.05) is 12.1 Å². The topological polar surface area (TPSA) is 70.9 Å². The van der Waals surface area contributed by atoms with E-state index in [0.717, 1.165) is 33.6 Å². The second-order valence-corrected chi connectivity index (χ2v) is 6.66. The summed E-state index contributed by atoms with van der Waals surface area (Å²) in [4.78, 5) is 8.93. The fourth-order valence-corrected chi connectivity index (χ4v) is 2.67. The van der Waals surface area contributed by atoms with Gasteiger partial charge in [0, 0.05) is 28.9 Å². The molecule has 0 atom stereocenters. The van der Waals surface area contributed by atoms with Gasteiger partial charge in [0.2, 0.25) is 0 Å². The molecule has 0 aliphatic heterocycles. The van der Waals surface area contributed by atoms with Crippen LogP contribution in [0.5, 0.6) is 0 Å². The molecule has 0 saturated heterocycles. The van der Waals surface area contributed by atoms with E-state index >= 15 is 0 Å². The molecule has 6 nitrogen and oxygen atoms in total. The third-order valence-electron chi connectivity index (χ3n) is 3.64. The van der Waals surface area contributed by atoms with Gasteiger partial charge in [-0.15, -0.1) is 0 Å². The van der Waals surface area contributed by atoms with Crippen LogP contribution in [0.15, 0.2) is 43.0 Å². The molecule has 4 rings (SSSR count). The van der Waals surface area contributed by atoms with Crippen LogP contribution in [0.4, 0.5) is 5.82 Å². The molecule has 0 saturated carbocycles. The van der Waals surface area contributed by atoms with Crippen LogP contribution in [0.2, 0.25) is 0 Å². The lowest BCUT2D eigenvalue weighted by Crippen LogP contribution is -2.27. The molecule has 0 spiro atoms. The minimum absolute atomic E-state index is 0.0773. The van der Waals surface area contributed by atoms with Crippen molar-refractivity contribution in [2.45, 2.75) is 26.3 Å². The first kappa shape index (κ1) is 13.8. The summed E-state index contributed by atoms with van der Waals surface area (Å²) in [5.74, 6) is 0.966. The normalized spacial score (nSPS) is 12.1. The first-order valence-electron chi connectivity index (χ1n) is 7.55. The number of nitrogens with zero attached hydrogens (tertiary/aromatic N) is 4. The van der Waals surface area contributed by atoms with Crippen LogP contribution in [0.25, 0.3) is 27.8 Å². The highest BCUT2D eigenvalue weighted by Crippen LogP contribution is 2.31. The van der Waals surface area contributed by atoms with E-state index in [1.165, 1.54) is 0 Å². The zero-order valence-electron chi connectivity index (χ0n) is 13.3. The third-order valence-corrected chi connectivity index (χ3v) is 3.64. The molecule has 23 heavy (non-hydrogen) atoms. The minimum Gasteiger partial charge on any atom is -0.365 e. The number of H-pyrrole nitrogens is 1. The summed E-state index contributed by atoms with van der Waals surface area (Å²) >= 11 is 0. The van der Waals surface area contributed by atoms with Crippen molar-refractivity contribution in [3.05, 3.63) is 43.0 Å². The van der Waals surface area contributed by atoms with Crippen LogP contribution in [0.3, 0.4) is 0 Å². The number of hydrogen-bond acceptors (Lipinski definition) is 4. The molecule has 0 unspecified atom stereocenters. The average Bonchev–Trinajstić information content (AvgIpc) is 3.10. The van der Waals surface area contributed by atoms with Crippen LogP contribution in [0.1, 0.15) is 20.8 Å². The molecular formula is C17H18N6. The van der Waals surface area contributed by atoms with Gasteiger partial charge < -0.3 is 5.32 Å². The zero-order chi connectivity index (χ0) is 16.0. The summed E-state index contributed by atoms with van der Waals surface area (Å²) in [7, 11) is 0. The van der Waals surface area contributed by atoms with Crippen molar-refractivity contribution < 1.29 is 0 Å². The van der Waals surface area contributed by atoms with Crippen molar-refractivity contribution in [1.82, 2.24) is 24.6 Å². The number of anilines is 1. The maximum absolute atomic E-state index is 4.76. The summed E-state index contributed by atoms with van der Waals surface area (Å²) in [6.45, 7) is 6.40. The molecule has 116 valence electrons. The number of imidazole rings is 1. The van der Waals surface area contributed by atoms with Crippen LogP contribution < -0.4 is 5.32 Å². The van der Waals surface area contributed by atoms with Gasteiger partial charge in [-0.3, -0.25) is 14.5 Å². The monoisotopic (exact) mass is 306 g/mol. The zero-order valence-corrected chi connectivity index (χ0v) is 13.3. The van der Waals surface area contributed by atoms with Crippen molar-refractivity contribution in [1.29, 1.82) is 0 Å². The van der Waals surface area contributed by atoms with E-state index in [-0.39, 0.29) is 5.54 Å². The van der Waals surface area contributed by atoms with Gasteiger partial charge in [0.05, 0.1) is 17.9 Å². The summed E-state index contributed by atoms with van der Waals surface area (Å²) in [6.07, 6.45) is 7.28. The number of rotatable bonds is 2. The van der Waals surface area contributed by atoms with E-state index < -0.39 is 0 Å². The van der Waals surface area contributed by atoms with E-state index in [1.807, 2.05) is 16.8 Å². The molecule has 0 radical (unpaired) electrons. The molecule has 2 N–H and O–H groups in total. The van der Waals surface area contributed by atoms with Crippen molar-refractivity contribution in [2.24, 2.45) is 0 Å². The lowest BCUT2D eigenvalue weighted by atomic mass is 10.1. The number of fused-ring (bicyclic) bond motifs is 2. The quantitative estimate of drug-likeness (QED) is 0.595. The second kappa shape index (κ2) is 4.81. The summed E-state index contributed by atoms with van der Waals surface area (Å²) in [6, 6.07) is 6.20. The van der Waals surface area contributed by atoms with E-state index in [1.54, 1.807) is 12.4 Å². The largest absolute Gasteiger partial charge is 0.365 e. The first-order chi connectivity index (χ1) is 11.0. The lowest BCUT2D eigenvalue weighted by molar-refractivity contribution is 0.629. The van der Waals surface area contributed by atoms with Crippen LogP contribution in [-0.2, 0) is 0 Å². The Kier molecular flexibility index (Phi) is 2.87. The molecule has 3 aromatic heterocycles. The van der Waals surface area contributed by atoms with Crippen molar-refractivity contribution in [3.8, 4) is 11.3 Å². The van der Waals surface area contributed by atoms with Gasteiger partial charge in [0.1, 0.15) is 11.5 Å². The first-order valence-corrected chi connectivity index (χ1v) is 7.55. The SMILES string of the molecule is CC(C)(C)Nc1c(-c2ccc3cn[nH]c3c2)nc2cnccn12. The summed E-state index contributed by atoms with van der Waals surface area (Å²) in [5.41, 5.74) is 3.69. The van der Waals surface area contributed by atoms with Gasteiger partial charge >= 0.3 is 0 Å². The molecule has 6 heteroatoms. The summed E-state index contributed by atoms with van der Waals surface area (Å²) in [5, 5.41) is 11.7. The Bertz CT molecular complexity index is 989. The van der Waals surface area contributed by atoms with E-state index in [4.69, 9.17) is 4.98 Å². The van der Waals surface area contributed by atoms with E-state index in [9.17, 15) is 0 Å². The highest BCUT2D eigenvalue weighted by atomic mass is 15.2. The van der Waals surface area contributed by atoms with Gasteiger partial charge in [0.25, 0.3) is 0 Å². The molecular weight excluding hydrogens is 288 g/mol. The maximum atomic E-state index is 4.76. The highest BCUT2D eigenvalue weighted by molar-refractivity contribution is 5.86. The average molecular weight is 306 g/mol. The standard InChI is InChI=1S/C17H18N6/c1-17(2,3)21-16-15(20-14-10-18-6-7-23(14)16)11-4-5-12-9-19-22-13(12)8-11/h4-10,21H,1-3H3,(H,19,22). The van der Waals surface area contributed by atoms with Crippen molar-refractivity contribution in [3.63, 3.8) is 0 Å². The van der Waals surface area contributed by atoms with Gasteiger partial charge in [-0.05, 0) is 26.8 Å². The molecule has 0 fully saturated rings. The minimum atomic E-state index is -0.0773. The van der Waals surface area contributed by atoms with Crippen molar-refractivity contribution in [2.75, 3.05) is 5.32 Å². The molecule has 4 aromatic rings. The van der Waals surface area contributed by atoms with Gasteiger partial charge in [0.15, 0.2) is 5.65 Å². The predicted octanol–water partition coefficient (Wildman–Crippen LogP) is 3.48. The maximum Gasteiger partial charge on any atom is 0.157 e. The Morgan fingerprint density at radius 2 is 2.04 bits per heavy atom. The van der Waals surface area contributed by atoms with Crippen LogP contribution in [-0.4, -0.2) is 30.1 Å². The summed E-state index contributed by atoms with van der Waals surface area (Å²) < 4.78 is 2.03. The smallest absolute Gasteiger partial charge is 0.157 e. The molecule has 0 aliphatic carbocycles. The Labute approximate surface area is 133 Å². The third kappa shape index (κ3) is 2.42. The number of aromatic amines is 1. The Hall–Kier alpha value is -2.89. The molecule has 0 aliphatic rings. The fourth-order valence-electron chi connectivity index (χ4n) is 2.67. The number of hydrogen-bond donors (Lipinski definition) is 2. The van der Waals surface area contributed by atoms with E-state index in [2.05, 4.69) is 59.5 Å². The highest BCUT2D eigenvalue weighted by Gasteiger charge is 2.19. The molecule has 0 bridgehead atoms. The molecule has 1 aromatic carbocycles. The molecule has 0 amide bonds. The number of nitrogens with one attached hydrogen (secondary N) is 2. The fraction of sp³-hybridized carbons (Fsp3) is 0.235. The second-order valence-electron chi connectivity index (χ2n) is 6.66. The van der Waals surface area contributed by atoms with Crippen LogP contribution >= 0.6 is 0 Å².